The molecular weight excluding hydrogens is 344 g/mol. The number of pyridine rings is 1. The Morgan fingerprint density at radius 3 is 2.93 bits per heavy atom. The number of fused-ring (bicyclic) bond motifs is 1. The third kappa shape index (κ3) is 4.10. The number of aryl methyl sites for hydroxylation is 1. The normalized spacial score (nSPS) is 15.3. The third-order valence-corrected chi connectivity index (χ3v) is 4.75. The largest absolute Gasteiger partial charge is 0.491 e. The van der Waals surface area contributed by atoms with E-state index < -0.39 is 0 Å². The van der Waals surface area contributed by atoms with Crippen LogP contribution >= 0.6 is 0 Å². The SMILES string of the molecule is Cc1ccc2[nH]c(-c3ncc(OCCN4CCOCC4)cc3CO)nc2c1. The standard InChI is InChI=1S/C20H24N4O3/c1-14-2-3-17-18(10-14)23-20(22-17)19-15(13-25)11-16(12-21-19)27-9-6-24-4-7-26-8-5-24/h2-3,10-12,25H,4-9,13H2,1H3,(H,22,23). The molecule has 3 heterocycles. The molecule has 0 bridgehead atoms. The van der Waals surface area contributed by atoms with E-state index in [2.05, 4.69) is 19.9 Å². The van der Waals surface area contributed by atoms with E-state index in [1.165, 1.54) is 0 Å². The zero-order valence-corrected chi connectivity index (χ0v) is 15.4. The van der Waals surface area contributed by atoms with Crippen molar-refractivity contribution in [3.63, 3.8) is 0 Å². The minimum Gasteiger partial charge on any atom is -0.491 e. The van der Waals surface area contributed by atoms with Gasteiger partial charge in [0.2, 0.25) is 0 Å². The molecule has 2 N–H and O–H groups in total. The van der Waals surface area contributed by atoms with Gasteiger partial charge >= 0.3 is 0 Å². The lowest BCUT2D eigenvalue weighted by Gasteiger charge is -2.26. The highest BCUT2D eigenvalue weighted by Gasteiger charge is 2.14. The number of ether oxygens (including phenoxy) is 2. The summed E-state index contributed by atoms with van der Waals surface area (Å²) < 4.78 is 11.2. The smallest absolute Gasteiger partial charge is 0.157 e. The van der Waals surface area contributed by atoms with E-state index in [-0.39, 0.29) is 6.61 Å². The van der Waals surface area contributed by atoms with E-state index in [0.717, 1.165) is 49.4 Å². The zero-order valence-electron chi connectivity index (χ0n) is 15.4. The minimum absolute atomic E-state index is 0.126. The number of aromatic amines is 1. The van der Waals surface area contributed by atoms with Crippen LogP contribution in [0.3, 0.4) is 0 Å². The van der Waals surface area contributed by atoms with Crippen molar-refractivity contribution in [2.45, 2.75) is 13.5 Å². The number of aromatic nitrogens is 3. The van der Waals surface area contributed by atoms with Crippen molar-refractivity contribution in [2.75, 3.05) is 39.5 Å². The van der Waals surface area contributed by atoms with Crippen LogP contribution in [0, 0.1) is 6.92 Å². The van der Waals surface area contributed by atoms with Crippen LogP contribution in [-0.2, 0) is 11.3 Å². The molecule has 1 aromatic carbocycles. The third-order valence-electron chi connectivity index (χ3n) is 4.75. The lowest BCUT2D eigenvalue weighted by Crippen LogP contribution is -2.38. The van der Waals surface area contributed by atoms with E-state index in [0.29, 0.717) is 29.4 Å². The van der Waals surface area contributed by atoms with Gasteiger partial charge in [-0.25, -0.2) is 9.97 Å². The van der Waals surface area contributed by atoms with Gasteiger partial charge in [0.1, 0.15) is 18.1 Å². The number of H-pyrrole nitrogens is 1. The number of imidazole rings is 1. The molecule has 0 amide bonds. The van der Waals surface area contributed by atoms with Gasteiger partial charge in [0.25, 0.3) is 0 Å². The first-order valence-electron chi connectivity index (χ1n) is 9.22. The topological polar surface area (TPSA) is 83.5 Å². The fourth-order valence-corrected chi connectivity index (χ4v) is 3.25. The van der Waals surface area contributed by atoms with Crippen LogP contribution in [0.5, 0.6) is 5.75 Å². The van der Waals surface area contributed by atoms with Crippen LogP contribution < -0.4 is 4.74 Å². The van der Waals surface area contributed by atoms with Crippen LogP contribution in [0.25, 0.3) is 22.6 Å². The lowest BCUT2D eigenvalue weighted by molar-refractivity contribution is 0.0322. The molecule has 0 aliphatic carbocycles. The Hall–Kier alpha value is -2.48. The summed E-state index contributed by atoms with van der Waals surface area (Å²) in [4.78, 5) is 14.7. The summed E-state index contributed by atoms with van der Waals surface area (Å²) in [6.07, 6.45) is 1.69. The second kappa shape index (κ2) is 8.04. The summed E-state index contributed by atoms with van der Waals surface area (Å²) in [6.45, 7) is 6.78. The van der Waals surface area contributed by atoms with Crippen LogP contribution in [0.1, 0.15) is 11.1 Å². The van der Waals surface area contributed by atoms with Gasteiger partial charge in [-0.2, -0.15) is 0 Å². The molecule has 27 heavy (non-hydrogen) atoms. The summed E-state index contributed by atoms with van der Waals surface area (Å²) >= 11 is 0. The summed E-state index contributed by atoms with van der Waals surface area (Å²) in [5.74, 6) is 1.31. The Morgan fingerprint density at radius 2 is 2.11 bits per heavy atom. The summed E-state index contributed by atoms with van der Waals surface area (Å²) in [6, 6.07) is 7.90. The Bertz CT molecular complexity index is 919. The van der Waals surface area contributed by atoms with E-state index in [4.69, 9.17) is 9.47 Å². The molecule has 1 fully saturated rings. The van der Waals surface area contributed by atoms with E-state index in [1.54, 1.807) is 6.20 Å². The Kier molecular flexibility index (Phi) is 5.33. The fourth-order valence-electron chi connectivity index (χ4n) is 3.25. The highest BCUT2D eigenvalue weighted by molar-refractivity contribution is 5.79. The number of hydrogen-bond donors (Lipinski definition) is 2. The summed E-state index contributed by atoms with van der Waals surface area (Å²) in [5.41, 5.74) is 4.33. The number of morpholine rings is 1. The number of aliphatic hydroxyl groups is 1. The first kappa shape index (κ1) is 17.9. The molecular formula is C20H24N4O3. The minimum atomic E-state index is -0.126. The van der Waals surface area contributed by atoms with Gasteiger partial charge in [0, 0.05) is 25.2 Å². The van der Waals surface area contributed by atoms with Crippen LogP contribution in [0.15, 0.2) is 30.5 Å². The van der Waals surface area contributed by atoms with Crippen molar-refractivity contribution in [3.8, 4) is 17.3 Å². The van der Waals surface area contributed by atoms with Gasteiger partial charge in [-0.05, 0) is 30.7 Å². The van der Waals surface area contributed by atoms with E-state index in [9.17, 15) is 5.11 Å². The molecule has 0 atom stereocenters. The first-order valence-corrected chi connectivity index (χ1v) is 9.22. The molecule has 0 unspecified atom stereocenters. The molecule has 2 aromatic heterocycles. The fraction of sp³-hybridized carbons (Fsp3) is 0.400. The molecule has 3 aromatic rings. The molecule has 0 radical (unpaired) electrons. The molecule has 0 spiro atoms. The quantitative estimate of drug-likeness (QED) is 0.694. The molecule has 7 heteroatoms. The van der Waals surface area contributed by atoms with Crippen LogP contribution in [0.2, 0.25) is 0 Å². The zero-order chi connectivity index (χ0) is 18.6. The first-order chi connectivity index (χ1) is 13.2. The number of rotatable bonds is 6. The van der Waals surface area contributed by atoms with Crippen molar-refractivity contribution < 1.29 is 14.6 Å². The monoisotopic (exact) mass is 368 g/mol. The van der Waals surface area contributed by atoms with Crippen LogP contribution in [-0.4, -0.2) is 64.4 Å². The molecule has 1 aliphatic rings. The number of nitrogens with one attached hydrogen (secondary N) is 1. The predicted molar refractivity (Wildman–Crippen MR) is 103 cm³/mol. The maximum Gasteiger partial charge on any atom is 0.157 e. The van der Waals surface area contributed by atoms with E-state index in [1.807, 2.05) is 31.2 Å². The predicted octanol–water partition coefficient (Wildman–Crippen LogP) is 2.14. The van der Waals surface area contributed by atoms with Crippen molar-refractivity contribution in [1.82, 2.24) is 19.9 Å². The van der Waals surface area contributed by atoms with Crippen LogP contribution in [0.4, 0.5) is 0 Å². The molecule has 142 valence electrons. The van der Waals surface area contributed by atoms with E-state index >= 15 is 0 Å². The average molecular weight is 368 g/mol. The second-order valence-electron chi connectivity index (χ2n) is 6.75. The summed E-state index contributed by atoms with van der Waals surface area (Å²) in [7, 11) is 0. The highest BCUT2D eigenvalue weighted by atomic mass is 16.5. The molecule has 1 saturated heterocycles. The van der Waals surface area contributed by atoms with Gasteiger partial charge in [0.15, 0.2) is 5.82 Å². The molecule has 0 saturated carbocycles. The maximum atomic E-state index is 9.79. The molecule has 4 rings (SSSR count). The summed E-state index contributed by atoms with van der Waals surface area (Å²) in [5, 5.41) is 9.79. The van der Waals surface area contributed by atoms with Gasteiger partial charge in [0.05, 0.1) is 37.1 Å². The number of benzene rings is 1. The maximum absolute atomic E-state index is 9.79. The highest BCUT2D eigenvalue weighted by Crippen LogP contribution is 2.25. The van der Waals surface area contributed by atoms with Crippen molar-refractivity contribution in [3.05, 3.63) is 41.6 Å². The van der Waals surface area contributed by atoms with Gasteiger partial charge in [-0.15, -0.1) is 0 Å². The number of hydrogen-bond acceptors (Lipinski definition) is 6. The van der Waals surface area contributed by atoms with Crippen molar-refractivity contribution >= 4 is 11.0 Å². The van der Waals surface area contributed by atoms with Gasteiger partial charge in [-0.1, -0.05) is 6.07 Å². The lowest BCUT2D eigenvalue weighted by atomic mass is 10.2. The number of aliphatic hydroxyl groups excluding tert-OH is 1. The van der Waals surface area contributed by atoms with Crippen molar-refractivity contribution in [2.24, 2.45) is 0 Å². The van der Waals surface area contributed by atoms with Gasteiger partial charge < -0.3 is 19.6 Å². The molecule has 7 nitrogen and oxygen atoms in total. The Labute approximate surface area is 158 Å². The van der Waals surface area contributed by atoms with Gasteiger partial charge in [-0.3, -0.25) is 4.90 Å². The Balaban J connectivity index is 1.48. The second-order valence-corrected chi connectivity index (χ2v) is 6.75. The number of nitrogens with zero attached hydrogens (tertiary/aromatic N) is 3. The molecule has 1 aliphatic heterocycles. The average Bonchev–Trinajstić information content (AvgIpc) is 3.11. The Morgan fingerprint density at radius 1 is 1.26 bits per heavy atom. The van der Waals surface area contributed by atoms with Crippen molar-refractivity contribution in [1.29, 1.82) is 0 Å².